The lowest BCUT2D eigenvalue weighted by atomic mass is 10.0. The van der Waals surface area contributed by atoms with Crippen molar-refractivity contribution < 1.29 is 0 Å². The Balaban J connectivity index is 2.12. The molecule has 0 saturated carbocycles. The minimum atomic E-state index is 0.852. The average molecular weight is 151 g/mol. The van der Waals surface area contributed by atoms with Crippen molar-refractivity contribution in [3.05, 3.63) is 12.3 Å². The second kappa shape index (κ2) is 2.26. The van der Waals surface area contributed by atoms with Gasteiger partial charge in [-0.15, -0.1) is 0 Å². The van der Waals surface area contributed by atoms with Gasteiger partial charge in [-0.05, 0) is 5.92 Å². The Labute approximate surface area is 66.6 Å². The van der Waals surface area contributed by atoms with Gasteiger partial charge >= 0.3 is 0 Å². The molecule has 0 aromatic carbocycles. The molecule has 11 heavy (non-hydrogen) atoms. The summed E-state index contributed by atoms with van der Waals surface area (Å²) >= 11 is 0. The fourth-order valence-corrected chi connectivity index (χ4v) is 1.56. The van der Waals surface area contributed by atoms with Gasteiger partial charge in [-0.1, -0.05) is 6.92 Å². The molecule has 2 heterocycles. The normalized spacial score (nSPS) is 18.5. The van der Waals surface area contributed by atoms with Crippen LogP contribution in [0.2, 0.25) is 0 Å². The molecule has 1 saturated heterocycles. The number of aromatic nitrogens is 2. The van der Waals surface area contributed by atoms with E-state index in [9.17, 15) is 0 Å². The van der Waals surface area contributed by atoms with Crippen LogP contribution in [0.4, 0.5) is 5.82 Å². The summed E-state index contributed by atoms with van der Waals surface area (Å²) < 4.78 is 1.92. The summed E-state index contributed by atoms with van der Waals surface area (Å²) in [6.07, 6.45) is 1.85. The standard InChI is InChI=1S/C8H13N3/c1-7-5-11(6-7)8-3-4-9-10(8)2/h3-4,7H,5-6H2,1-2H3. The summed E-state index contributed by atoms with van der Waals surface area (Å²) in [4.78, 5) is 2.34. The lowest BCUT2D eigenvalue weighted by molar-refractivity contribution is 0.436. The number of hydrogen-bond acceptors (Lipinski definition) is 2. The number of nitrogens with zero attached hydrogens (tertiary/aromatic N) is 3. The van der Waals surface area contributed by atoms with Crippen LogP contribution >= 0.6 is 0 Å². The molecule has 2 rings (SSSR count). The zero-order chi connectivity index (χ0) is 7.84. The maximum Gasteiger partial charge on any atom is 0.126 e. The van der Waals surface area contributed by atoms with Crippen molar-refractivity contribution in [2.45, 2.75) is 6.92 Å². The van der Waals surface area contributed by atoms with E-state index in [-0.39, 0.29) is 0 Å². The van der Waals surface area contributed by atoms with Crippen molar-refractivity contribution in [3.63, 3.8) is 0 Å². The molecule has 60 valence electrons. The van der Waals surface area contributed by atoms with E-state index < -0.39 is 0 Å². The minimum absolute atomic E-state index is 0.852. The summed E-state index contributed by atoms with van der Waals surface area (Å²) in [6, 6.07) is 2.06. The molecular formula is C8H13N3. The number of anilines is 1. The molecule has 0 amide bonds. The predicted molar refractivity (Wildman–Crippen MR) is 44.6 cm³/mol. The molecule has 0 unspecified atom stereocenters. The number of hydrogen-bond donors (Lipinski definition) is 0. The van der Waals surface area contributed by atoms with E-state index in [1.165, 1.54) is 18.9 Å². The summed E-state index contributed by atoms with van der Waals surface area (Å²) in [5.41, 5.74) is 0. The Morgan fingerprint density at radius 3 is 2.73 bits per heavy atom. The van der Waals surface area contributed by atoms with Crippen molar-refractivity contribution in [1.29, 1.82) is 0 Å². The molecule has 0 aliphatic carbocycles. The third-order valence-corrected chi connectivity index (χ3v) is 2.18. The van der Waals surface area contributed by atoms with Gasteiger partial charge in [0.25, 0.3) is 0 Å². The first kappa shape index (κ1) is 6.70. The zero-order valence-electron chi connectivity index (χ0n) is 6.99. The molecule has 3 nitrogen and oxygen atoms in total. The van der Waals surface area contributed by atoms with E-state index in [0.717, 1.165) is 5.92 Å². The molecule has 0 radical (unpaired) electrons. The quantitative estimate of drug-likeness (QED) is 0.594. The van der Waals surface area contributed by atoms with Gasteiger partial charge in [0.2, 0.25) is 0 Å². The van der Waals surface area contributed by atoms with Gasteiger partial charge in [-0.25, -0.2) is 0 Å². The average Bonchev–Trinajstić information content (AvgIpc) is 2.29. The van der Waals surface area contributed by atoms with Crippen molar-refractivity contribution in [3.8, 4) is 0 Å². The van der Waals surface area contributed by atoms with Crippen LogP contribution in [0.15, 0.2) is 12.3 Å². The van der Waals surface area contributed by atoms with Gasteiger partial charge in [-0.3, -0.25) is 4.68 Å². The topological polar surface area (TPSA) is 21.1 Å². The fraction of sp³-hybridized carbons (Fsp3) is 0.625. The molecule has 1 aliphatic rings. The van der Waals surface area contributed by atoms with Crippen molar-refractivity contribution in [1.82, 2.24) is 9.78 Å². The highest BCUT2D eigenvalue weighted by atomic mass is 15.4. The molecule has 3 heteroatoms. The van der Waals surface area contributed by atoms with E-state index in [0.29, 0.717) is 0 Å². The Hall–Kier alpha value is -0.990. The monoisotopic (exact) mass is 151 g/mol. The maximum atomic E-state index is 4.12. The third kappa shape index (κ3) is 1.00. The molecular weight excluding hydrogens is 138 g/mol. The van der Waals surface area contributed by atoms with Gasteiger partial charge < -0.3 is 4.90 Å². The first-order chi connectivity index (χ1) is 5.27. The van der Waals surface area contributed by atoms with Gasteiger partial charge in [-0.2, -0.15) is 5.10 Å². The van der Waals surface area contributed by atoms with Crippen LogP contribution in [0.1, 0.15) is 6.92 Å². The maximum absolute atomic E-state index is 4.12. The second-order valence-electron chi connectivity index (χ2n) is 3.32. The van der Waals surface area contributed by atoms with Crippen LogP contribution < -0.4 is 4.90 Å². The van der Waals surface area contributed by atoms with Gasteiger partial charge in [0.15, 0.2) is 0 Å². The molecule has 0 spiro atoms. The summed E-state index contributed by atoms with van der Waals surface area (Å²) in [5, 5.41) is 4.12. The smallest absolute Gasteiger partial charge is 0.126 e. The highest BCUT2D eigenvalue weighted by molar-refractivity contribution is 5.41. The Kier molecular flexibility index (Phi) is 1.37. The van der Waals surface area contributed by atoms with Crippen molar-refractivity contribution in [2.24, 2.45) is 13.0 Å². The highest BCUT2D eigenvalue weighted by Gasteiger charge is 2.24. The zero-order valence-corrected chi connectivity index (χ0v) is 6.99. The largest absolute Gasteiger partial charge is 0.356 e. The second-order valence-corrected chi connectivity index (χ2v) is 3.32. The van der Waals surface area contributed by atoms with Gasteiger partial charge in [0, 0.05) is 26.2 Å². The summed E-state index contributed by atoms with van der Waals surface area (Å²) in [7, 11) is 1.98. The lowest BCUT2D eigenvalue weighted by Crippen LogP contribution is -2.46. The van der Waals surface area contributed by atoms with Crippen LogP contribution in [0, 0.1) is 5.92 Å². The van der Waals surface area contributed by atoms with Crippen molar-refractivity contribution in [2.75, 3.05) is 18.0 Å². The first-order valence-corrected chi connectivity index (χ1v) is 4.00. The number of aryl methyl sites for hydroxylation is 1. The van der Waals surface area contributed by atoms with Crippen LogP contribution in [0.5, 0.6) is 0 Å². The highest BCUT2D eigenvalue weighted by Crippen LogP contribution is 2.22. The lowest BCUT2D eigenvalue weighted by Gasteiger charge is -2.38. The Bertz CT molecular complexity index is 248. The number of rotatable bonds is 1. The predicted octanol–water partition coefficient (Wildman–Crippen LogP) is 0.876. The third-order valence-electron chi connectivity index (χ3n) is 2.18. The van der Waals surface area contributed by atoms with Crippen molar-refractivity contribution >= 4 is 5.82 Å². The van der Waals surface area contributed by atoms with E-state index in [4.69, 9.17) is 0 Å². The molecule has 1 aromatic rings. The molecule has 0 atom stereocenters. The van der Waals surface area contributed by atoms with E-state index in [1.54, 1.807) is 0 Å². The van der Waals surface area contributed by atoms with E-state index in [2.05, 4.69) is 23.0 Å². The van der Waals surface area contributed by atoms with Crippen LogP contribution in [0.3, 0.4) is 0 Å². The van der Waals surface area contributed by atoms with E-state index in [1.807, 2.05) is 17.9 Å². The minimum Gasteiger partial charge on any atom is -0.356 e. The van der Waals surface area contributed by atoms with Crippen LogP contribution in [-0.2, 0) is 7.05 Å². The van der Waals surface area contributed by atoms with Gasteiger partial charge in [0.1, 0.15) is 5.82 Å². The molecule has 0 N–H and O–H groups in total. The fourth-order valence-electron chi connectivity index (χ4n) is 1.56. The SMILES string of the molecule is CC1CN(c2ccnn2C)C1. The van der Waals surface area contributed by atoms with Crippen LogP contribution in [0.25, 0.3) is 0 Å². The van der Waals surface area contributed by atoms with Gasteiger partial charge in [0.05, 0.1) is 6.20 Å². The summed E-state index contributed by atoms with van der Waals surface area (Å²) in [6.45, 7) is 4.63. The Morgan fingerprint density at radius 2 is 2.27 bits per heavy atom. The molecule has 0 bridgehead atoms. The molecule has 1 fully saturated rings. The molecule has 1 aromatic heterocycles. The molecule has 1 aliphatic heterocycles. The first-order valence-electron chi connectivity index (χ1n) is 4.00. The Morgan fingerprint density at radius 1 is 1.55 bits per heavy atom. The summed E-state index contributed by atoms with van der Waals surface area (Å²) in [5.74, 6) is 2.09. The van der Waals surface area contributed by atoms with E-state index >= 15 is 0 Å². The van der Waals surface area contributed by atoms with Crippen LogP contribution in [-0.4, -0.2) is 22.9 Å².